The topological polar surface area (TPSA) is 47.6 Å². The summed E-state index contributed by atoms with van der Waals surface area (Å²) in [5.74, 6) is 1.03. The lowest BCUT2D eigenvalue weighted by Crippen LogP contribution is -2.22. The van der Waals surface area contributed by atoms with E-state index in [1.165, 1.54) is 18.2 Å². The van der Waals surface area contributed by atoms with Gasteiger partial charge >= 0.3 is 0 Å². The van der Waals surface area contributed by atoms with Gasteiger partial charge in [-0.1, -0.05) is 18.2 Å². The number of hydrogen-bond acceptors (Lipinski definition) is 3. The zero-order chi connectivity index (χ0) is 16.8. The molecule has 3 rings (SSSR count). The molecule has 0 saturated heterocycles. The highest BCUT2D eigenvalue weighted by atomic mass is 19.1. The molecule has 2 aromatic carbocycles. The molecular weight excluding hydrogens is 309 g/mol. The van der Waals surface area contributed by atoms with Crippen molar-refractivity contribution in [1.29, 1.82) is 0 Å². The molecule has 0 aromatic heterocycles. The first-order valence-electron chi connectivity index (χ1n) is 7.81. The van der Waals surface area contributed by atoms with Gasteiger partial charge in [0, 0.05) is 12.6 Å². The number of carbonyl (C=O) groups is 1. The van der Waals surface area contributed by atoms with Crippen LogP contribution in [0, 0.1) is 5.82 Å². The van der Waals surface area contributed by atoms with Crippen molar-refractivity contribution >= 4 is 12.0 Å². The van der Waals surface area contributed by atoms with E-state index in [1.807, 2.05) is 18.2 Å². The number of hydrogen-bond donors (Lipinski definition) is 1. The molecule has 2 aromatic rings. The Balaban J connectivity index is 1.41. The Morgan fingerprint density at radius 1 is 1.12 bits per heavy atom. The lowest BCUT2D eigenvalue weighted by molar-refractivity contribution is -0.116. The molecule has 1 N–H and O–H groups in total. The van der Waals surface area contributed by atoms with E-state index in [4.69, 9.17) is 9.47 Å². The molecule has 124 valence electrons. The summed E-state index contributed by atoms with van der Waals surface area (Å²) in [7, 11) is 0. The van der Waals surface area contributed by atoms with Crippen LogP contribution in [0.3, 0.4) is 0 Å². The molecule has 0 unspecified atom stereocenters. The minimum absolute atomic E-state index is 0.147. The molecule has 0 saturated carbocycles. The first-order valence-corrected chi connectivity index (χ1v) is 7.81. The van der Waals surface area contributed by atoms with Gasteiger partial charge < -0.3 is 14.8 Å². The molecule has 0 bridgehead atoms. The van der Waals surface area contributed by atoms with E-state index in [-0.39, 0.29) is 18.5 Å². The van der Waals surface area contributed by atoms with Gasteiger partial charge in [0.2, 0.25) is 12.7 Å². The van der Waals surface area contributed by atoms with Crippen molar-refractivity contribution in [3.8, 4) is 11.5 Å². The molecule has 1 amide bonds. The highest BCUT2D eigenvalue weighted by Gasteiger charge is 2.12. The van der Waals surface area contributed by atoms with Crippen LogP contribution in [-0.2, 0) is 11.2 Å². The van der Waals surface area contributed by atoms with Gasteiger partial charge in [-0.15, -0.1) is 0 Å². The molecular formula is C19H18FNO3. The van der Waals surface area contributed by atoms with Crippen molar-refractivity contribution in [2.75, 3.05) is 13.3 Å². The lowest BCUT2D eigenvalue weighted by Gasteiger charge is -2.03. The van der Waals surface area contributed by atoms with Crippen LogP contribution in [0.15, 0.2) is 48.5 Å². The summed E-state index contributed by atoms with van der Waals surface area (Å²) >= 11 is 0. The zero-order valence-electron chi connectivity index (χ0n) is 13.1. The number of nitrogens with one attached hydrogen (secondary N) is 1. The number of amides is 1. The maximum Gasteiger partial charge on any atom is 0.243 e. The Morgan fingerprint density at radius 2 is 1.92 bits per heavy atom. The van der Waals surface area contributed by atoms with Crippen molar-refractivity contribution in [1.82, 2.24) is 5.32 Å². The summed E-state index contributed by atoms with van der Waals surface area (Å²) in [4.78, 5) is 11.8. The third-order valence-electron chi connectivity index (χ3n) is 3.68. The Hall–Kier alpha value is -2.82. The van der Waals surface area contributed by atoms with Crippen LogP contribution in [-0.4, -0.2) is 19.2 Å². The third-order valence-corrected chi connectivity index (χ3v) is 3.68. The second-order valence-electron chi connectivity index (χ2n) is 5.47. The molecule has 0 radical (unpaired) electrons. The first kappa shape index (κ1) is 16.1. The maximum atomic E-state index is 12.8. The van der Waals surface area contributed by atoms with E-state index < -0.39 is 0 Å². The average molecular weight is 327 g/mol. The summed E-state index contributed by atoms with van der Waals surface area (Å²) in [5, 5.41) is 2.83. The minimum Gasteiger partial charge on any atom is -0.454 e. The van der Waals surface area contributed by atoms with Crippen molar-refractivity contribution < 1.29 is 18.7 Å². The Labute approximate surface area is 139 Å². The molecule has 4 nitrogen and oxygen atoms in total. The van der Waals surface area contributed by atoms with E-state index in [1.54, 1.807) is 18.2 Å². The van der Waals surface area contributed by atoms with E-state index in [9.17, 15) is 9.18 Å². The molecule has 5 heteroatoms. The van der Waals surface area contributed by atoms with Crippen molar-refractivity contribution in [3.05, 3.63) is 65.5 Å². The number of carbonyl (C=O) groups excluding carboxylic acids is 1. The van der Waals surface area contributed by atoms with Crippen LogP contribution in [0.1, 0.15) is 17.5 Å². The Bertz CT molecular complexity index is 741. The smallest absolute Gasteiger partial charge is 0.243 e. The summed E-state index contributed by atoms with van der Waals surface area (Å²) in [6, 6.07) is 11.9. The van der Waals surface area contributed by atoms with Crippen LogP contribution in [0.5, 0.6) is 11.5 Å². The average Bonchev–Trinajstić information content (AvgIpc) is 3.06. The SMILES string of the molecule is O=C(C=Cc1ccc2c(c1)OCO2)NCCCc1ccc(F)cc1. The monoisotopic (exact) mass is 327 g/mol. The van der Waals surface area contributed by atoms with Crippen molar-refractivity contribution in [2.24, 2.45) is 0 Å². The molecule has 1 heterocycles. The van der Waals surface area contributed by atoms with Gasteiger partial charge in [-0.2, -0.15) is 0 Å². The Morgan fingerprint density at radius 3 is 2.75 bits per heavy atom. The van der Waals surface area contributed by atoms with Crippen LogP contribution in [0.4, 0.5) is 4.39 Å². The molecule has 0 spiro atoms. The van der Waals surface area contributed by atoms with Crippen molar-refractivity contribution in [2.45, 2.75) is 12.8 Å². The highest BCUT2D eigenvalue weighted by molar-refractivity contribution is 5.91. The van der Waals surface area contributed by atoms with Gasteiger partial charge in [-0.3, -0.25) is 4.79 Å². The number of aryl methyl sites for hydroxylation is 1. The summed E-state index contributed by atoms with van der Waals surface area (Å²) in [6.45, 7) is 0.804. The lowest BCUT2D eigenvalue weighted by atomic mass is 10.1. The fourth-order valence-electron chi connectivity index (χ4n) is 2.40. The zero-order valence-corrected chi connectivity index (χ0v) is 13.1. The maximum absolute atomic E-state index is 12.8. The van der Waals surface area contributed by atoms with Gasteiger partial charge in [0.1, 0.15) is 5.82 Å². The third kappa shape index (κ3) is 4.35. The summed E-state index contributed by atoms with van der Waals surface area (Å²) in [5.41, 5.74) is 1.93. The predicted molar refractivity (Wildman–Crippen MR) is 89.3 cm³/mol. The van der Waals surface area contributed by atoms with Gasteiger partial charge in [0.15, 0.2) is 11.5 Å². The predicted octanol–water partition coefficient (Wildman–Crippen LogP) is 3.32. The van der Waals surface area contributed by atoms with E-state index in [2.05, 4.69) is 5.32 Å². The number of ether oxygens (including phenoxy) is 2. The summed E-state index contributed by atoms with van der Waals surface area (Å²) < 4.78 is 23.3. The normalized spacial score (nSPS) is 12.5. The van der Waals surface area contributed by atoms with Crippen LogP contribution < -0.4 is 14.8 Å². The van der Waals surface area contributed by atoms with Crippen molar-refractivity contribution in [3.63, 3.8) is 0 Å². The van der Waals surface area contributed by atoms with E-state index >= 15 is 0 Å². The summed E-state index contributed by atoms with van der Waals surface area (Å²) in [6.07, 6.45) is 4.83. The second-order valence-corrected chi connectivity index (χ2v) is 5.47. The molecule has 1 aliphatic heterocycles. The van der Waals surface area contributed by atoms with Gasteiger partial charge in [0.25, 0.3) is 0 Å². The largest absolute Gasteiger partial charge is 0.454 e. The van der Waals surface area contributed by atoms with Crippen LogP contribution in [0.2, 0.25) is 0 Å². The molecule has 0 aliphatic carbocycles. The number of rotatable bonds is 6. The van der Waals surface area contributed by atoms with Crippen LogP contribution in [0.25, 0.3) is 6.08 Å². The number of fused-ring (bicyclic) bond motifs is 1. The second kappa shape index (κ2) is 7.64. The number of halogens is 1. The fourth-order valence-corrected chi connectivity index (χ4v) is 2.40. The molecule has 1 aliphatic rings. The van der Waals surface area contributed by atoms with E-state index in [0.717, 1.165) is 29.7 Å². The standard InChI is InChI=1S/C19H18FNO3/c20-16-7-3-14(4-8-16)2-1-11-21-19(22)10-6-15-5-9-17-18(12-15)24-13-23-17/h3-10,12H,1-2,11,13H2,(H,21,22). The van der Waals surface area contributed by atoms with Gasteiger partial charge in [-0.05, 0) is 54.3 Å². The quantitative estimate of drug-likeness (QED) is 0.654. The number of benzene rings is 2. The molecule has 0 fully saturated rings. The molecule has 0 atom stereocenters. The molecule has 24 heavy (non-hydrogen) atoms. The van der Waals surface area contributed by atoms with Gasteiger partial charge in [-0.25, -0.2) is 4.39 Å². The highest BCUT2D eigenvalue weighted by Crippen LogP contribution is 2.32. The minimum atomic E-state index is -0.235. The van der Waals surface area contributed by atoms with E-state index in [0.29, 0.717) is 12.3 Å². The fraction of sp³-hybridized carbons (Fsp3) is 0.211. The Kier molecular flexibility index (Phi) is 5.11. The first-order chi connectivity index (χ1) is 11.7. The van der Waals surface area contributed by atoms with Crippen LogP contribution >= 0.6 is 0 Å². The van der Waals surface area contributed by atoms with Gasteiger partial charge in [0.05, 0.1) is 0 Å².